The molecule has 0 aliphatic carbocycles. The maximum atomic E-state index is 12.4. The maximum Gasteiger partial charge on any atom is 0.234 e. The molecule has 0 saturated heterocycles. The second kappa shape index (κ2) is 9.53. The Bertz CT molecular complexity index is 945. The Balaban J connectivity index is 1.79. The normalized spacial score (nSPS) is 12.2. The lowest BCUT2D eigenvalue weighted by atomic mass is 10.2. The van der Waals surface area contributed by atoms with E-state index >= 15 is 0 Å². The lowest BCUT2D eigenvalue weighted by molar-refractivity contribution is -0.113. The third-order valence-corrected chi connectivity index (χ3v) is 5.86. The zero-order chi connectivity index (χ0) is 20.1. The zero-order valence-electron chi connectivity index (χ0n) is 16.0. The van der Waals surface area contributed by atoms with E-state index in [1.54, 1.807) is 0 Å². The van der Waals surface area contributed by atoms with Gasteiger partial charge in [-0.2, -0.15) is 0 Å². The number of amides is 1. The van der Waals surface area contributed by atoms with Crippen molar-refractivity contribution < 1.29 is 4.79 Å². The van der Waals surface area contributed by atoms with Crippen LogP contribution in [0.25, 0.3) is 5.69 Å². The number of benzene rings is 2. The molecule has 0 aliphatic rings. The van der Waals surface area contributed by atoms with Crippen LogP contribution in [0.4, 0.5) is 5.69 Å². The molecule has 28 heavy (non-hydrogen) atoms. The molecule has 2 aromatic carbocycles. The molecule has 1 aromatic heterocycles. The third kappa shape index (κ3) is 5.12. The maximum absolute atomic E-state index is 12.4. The number of nitrogens with zero attached hydrogens (tertiary/aromatic N) is 4. The highest BCUT2D eigenvalue weighted by atomic mass is 127. The number of hydrogen-bond acceptors (Lipinski definition) is 5. The van der Waals surface area contributed by atoms with Crippen molar-refractivity contribution in [3.8, 4) is 5.69 Å². The van der Waals surface area contributed by atoms with E-state index in [0.717, 1.165) is 20.8 Å². The predicted octanol–water partition coefficient (Wildman–Crippen LogP) is 4.23. The largest absolute Gasteiger partial charge is 0.325 e. The van der Waals surface area contributed by atoms with Crippen molar-refractivity contribution in [1.29, 1.82) is 0 Å². The van der Waals surface area contributed by atoms with Crippen LogP contribution in [0.15, 0.2) is 59.8 Å². The molecule has 1 amide bonds. The number of halogens is 1. The monoisotopic (exact) mass is 507 g/mol. The summed E-state index contributed by atoms with van der Waals surface area (Å²) in [4.78, 5) is 14.5. The highest BCUT2D eigenvalue weighted by molar-refractivity contribution is 14.1. The number of para-hydroxylation sites is 1. The van der Waals surface area contributed by atoms with Gasteiger partial charge in [-0.25, -0.2) is 0 Å². The molecular formula is C20H22IN5OS. The Morgan fingerprint density at radius 1 is 1.18 bits per heavy atom. The number of nitrogens with one attached hydrogen (secondary N) is 1. The molecule has 3 aromatic rings. The van der Waals surface area contributed by atoms with Gasteiger partial charge in [0.2, 0.25) is 5.91 Å². The summed E-state index contributed by atoms with van der Waals surface area (Å²) in [6.45, 7) is 2.08. The van der Waals surface area contributed by atoms with Crippen molar-refractivity contribution in [2.45, 2.75) is 18.1 Å². The third-order valence-electron chi connectivity index (χ3n) is 4.26. The van der Waals surface area contributed by atoms with Crippen LogP contribution in [0.2, 0.25) is 0 Å². The molecular weight excluding hydrogens is 485 g/mol. The summed E-state index contributed by atoms with van der Waals surface area (Å²) in [5, 5.41) is 12.4. The van der Waals surface area contributed by atoms with E-state index in [2.05, 4.69) is 49.9 Å². The van der Waals surface area contributed by atoms with E-state index in [1.807, 2.05) is 73.3 Å². The average Bonchev–Trinajstić information content (AvgIpc) is 3.10. The molecule has 0 spiro atoms. The lowest BCUT2D eigenvalue weighted by Gasteiger charge is -2.20. The zero-order valence-corrected chi connectivity index (χ0v) is 18.9. The molecule has 1 N–H and O–H groups in total. The predicted molar refractivity (Wildman–Crippen MR) is 122 cm³/mol. The summed E-state index contributed by atoms with van der Waals surface area (Å²) in [7, 11) is 4.02. The number of carbonyl (C=O) groups is 1. The Labute approximate surface area is 182 Å². The number of rotatable bonds is 7. The molecule has 0 fully saturated rings. The van der Waals surface area contributed by atoms with Gasteiger partial charge in [-0.05, 0) is 73.9 Å². The summed E-state index contributed by atoms with van der Waals surface area (Å²) >= 11 is 3.61. The van der Waals surface area contributed by atoms with Gasteiger partial charge in [-0.3, -0.25) is 14.3 Å². The summed E-state index contributed by atoms with van der Waals surface area (Å²) in [5.74, 6) is 1.03. The Morgan fingerprint density at radius 3 is 2.61 bits per heavy atom. The molecule has 6 nitrogen and oxygen atoms in total. The number of hydrogen-bond donors (Lipinski definition) is 1. The second-order valence-corrected chi connectivity index (χ2v) is 8.69. The molecule has 146 valence electrons. The first-order chi connectivity index (χ1) is 13.5. The first-order valence-corrected chi connectivity index (χ1v) is 10.9. The topological polar surface area (TPSA) is 63.1 Å². The molecule has 8 heteroatoms. The van der Waals surface area contributed by atoms with Gasteiger partial charge in [0.25, 0.3) is 0 Å². The van der Waals surface area contributed by atoms with Crippen molar-refractivity contribution in [1.82, 2.24) is 19.7 Å². The van der Waals surface area contributed by atoms with Gasteiger partial charge >= 0.3 is 0 Å². The fourth-order valence-electron chi connectivity index (χ4n) is 2.59. The van der Waals surface area contributed by atoms with Crippen LogP contribution in [-0.2, 0) is 4.79 Å². The molecule has 1 atom stereocenters. The number of carbonyl (C=O) groups excluding carboxylic acids is 1. The SMILES string of the molecule is C[C@H](c1nnc(SCC(=O)Nc2cccc(I)c2)n1-c1ccccc1)N(C)C. The minimum absolute atomic E-state index is 0.0724. The van der Waals surface area contributed by atoms with Gasteiger partial charge in [0, 0.05) is 14.9 Å². The first kappa shape index (κ1) is 20.8. The van der Waals surface area contributed by atoms with E-state index in [0.29, 0.717) is 5.16 Å². The molecule has 0 saturated carbocycles. The molecule has 0 aliphatic heterocycles. The van der Waals surface area contributed by atoms with Crippen molar-refractivity contribution >= 4 is 45.9 Å². The van der Waals surface area contributed by atoms with Crippen LogP contribution < -0.4 is 5.32 Å². The molecule has 0 radical (unpaired) electrons. The van der Waals surface area contributed by atoms with Crippen molar-refractivity contribution in [3.63, 3.8) is 0 Å². The molecule has 3 rings (SSSR count). The second-order valence-electron chi connectivity index (χ2n) is 6.50. The smallest absolute Gasteiger partial charge is 0.234 e. The number of thioether (sulfide) groups is 1. The van der Waals surface area contributed by atoms with Gasteiger partial charge in [-0.1, -0.05) is 36.0 Å². The molecule has 1 heterocycles. The van der Waals surface area contributed by atoms with E-state index in [9.17, 15) is 4.79 Å². The van der Waals surface area contributed by atoms with Gasteiger partial charge in [0.05, 0.1) is 11.8 Å². The van der Waals surface area contributed by atoms with Crippen molar-refractivity contribution in [2.75, 3.05) is 25.2 Å². The van der Waals surface area contributed by atoms with E-state index in [1.165, 1.54) is 11.8 Å². The summed E-state index contributed by atoms with van der Waals surface area (Å²) in [6.07, 6.45) is 0. The van der Waals surface area contributed by atoms with Crippen molar-refractivity contribution in [3.05, 3.63) is 64.0 Å². The Hall–Kier alpha value is -1.91. The van der Waals surface area contributed by atoms with Crippen LogP contribution in [0.1, 0.15) is 18.8 Å². The quantitative estimate of drug-likeness (QED) is 0.383. The van der Waals surface area contributed by atoms with Gasteiger partial charge in [-0.15, -0.1) is 10.2 Å². The van der Waals surface area contributed by atoms with Crippen LogP contribution in [0, 0.1) is 3.57 Å². The molecule has 0 bridgehead atoms. The van der Waals surface area contributed by atoms with E-state index in [-0.39, 0.29) is 17.7 Å². The standard InChI is InChI=1S/C20H22IN5OS/c1-14(25(2)3)19-23-24-20(26(19)17-10-5-4-6-11-17)28-13-18(27)22-16-9-7-8-15(21)12-16/h4-12,14H,13H2,1-3H3,(H,22,27)/t14-/m1/s1. The minimum Gasteiger partial charge on any atom is -0.325 e. The highest BCUT2D eigenvalue weighted by Crippen LogP contribution is 2.26. The van der Waals surface area contributed by atoms with Crippen LogP contribution in [0.5, 0.6) is 0 Å². The summed E-state index contributed by atoms with van der Waals surface area (Å²) < 4.78 is 3.10. The lowest BCUT2D eigenvalue weighted by Crippen LogP contribution is -2.21. The Kier molecular flexibility index (Phi) is 7.08. The highest BCUT2D eigenvalue weighted by Gasteiger charge is 2.21. The van der Waals surface area contributed by atoms with Gasteiger partial charge in [0.15, 0.2) is 11.0 Å². The summed E-state index contributed by atoms with van der Waals surface area (Å²) in [5.41, 5.74) is 1.78. The van der Waals surface area contributed by atoms with Crippen LogP contribution in [-0.4, -0.2) is 45.4 Å². The van der Waals surface area contributed by atoms with Crippen molar-refractivity contribution in [2.24, 2.45) is 0 Å². The van der Waals surface area contributed by atoms with Crippen LogP contribution in [0.3, 0.4) is 0 Å². The number of aromatic nitrogens is 3. The molecule has 0 unspecified atom stereocenters. The fraction of sp³-hybridized carbons (Fsp3) is 0.250. The average molecular weight is 507 g/mol. The van der Waals surface area contributed by atoms with E-state index in [4.69, 9.17) is 0 Å². The van der Waals surface area contributed by atoms with Gasteiger partial charge < -0.3 is 5.32 Å². The Morgan fingerprint density at radius 2 is 1.93 bits per heavy atom. The minimum atomic E-state index is -0.0724. The first-order valence-electron chi connectivity index (χ1n) is 8.81. The van der Waals surface area contributed by atoms with Crippen LogP contribution >= 0.6 is 34.4 Å². The summed E-state index contributed by atoms with van der Waals surface area (Å²) in [6, 6.07) is 17.8. The van der Waals surface area contributed by atoms with E-state index < -0.39 is 0 Å². The van der Waals surface area contributed by atoms with Gasteiger partial charge in [0.1, 0.15) is 0 Å². The number of anilines is 1. The fourth-order valence-corrected chi connectivity index (χ4v) is 3.89.